The van der Waals surface area contributed by atoms with Gasteiger partial charge in [-0.05, 0) is 42.0 Å². The molecular weight excluding hydrogens is 450 g/mol. The van der Waals surface area contributed by atoms with Gasteiger partial charge in [0.2, 0.25) is 11.7 Å². The van der Waals surface area contributed by atoms with E-state index in [9.17, 15) is 4.79 Å². The first-order valence-corrected chi connectivity index (χ1v) is 11.3. The molecule has 1 aliphatic rings. The fourth-order valence-electron chi connectivity index (χ4n) is 3.46. The van der Waals surface area contributed by atoms with Crippen LogP contribution in [0.15, 0.2) is 42.5 Å². The number of aromatic nitrogens is 2. The van der Waals surface area contributed by atoms with E-state index in [0.29, 0.717) is 28.1 Å². The van der Waals surface area contributed by atoms with Crippen LogP contribution in [0.25, 0.3) is 11.8 Å². The second-order valence-corrected chi connectivity index (χ2v) is 8.36. The molecule has 0 fully saturated rings. The molecule has 1 N–H and O–H groups in total. The summed E-state index contributed by atoms with van der Waals surface area (Å²) in [7, 11) is 4.64. The van der Waals surface area contributed by atoms with Gasteiger partial charge in [-0.3, -0.25) is 4.79 Å². The predicted molar refractivity (Wildman–Crippen MR) is 127 cm³/mol. The van der Waals surface area contributed by atoms with Gasteiger partial charge in [0, 0.05) is 28.2 Å². The molecule has 0 aliphatic carbocycles. The molecule has 0 saturated carbocycles. The summed E-state index contributed by atoms with van der Waals surface area (Å²) in [5.74, 6) is 3.51. The molecule has 32 heavy (non-hydrogen) atoms. The number of nitrogens with one attached hydrogen (secondary N) is 1. The van der Waals surface area contributed by atoms with E-state index in [4.69, 9.17) is 25.8 Å². The molecule has 0 atom stereocenters. The third-order valence-corrected chi connectivity index (χ3v) is 6.17. The Bertz CT molecular complexity index is 1170. The highest BCUT2D eigenvalue weighted by molar-refractivity contribution is 7.98. The van der Waals surface area contributed by atoms with Gasteiger partial charge in [0.15, 0.2) is 11.5 Å². The molecule has 3 aromatic rings. The van der Waals surface area contributed by atoms with Crippen molar-refractivity contribution >= 4 is 41.2 Å². The molecule has 166 valence electrons. The number of thioether (sulfide) groups is 1. The largest absolute Gasteiger partial charge is 0.493 e. The number of carbonyl (C=O) groups is 1. The maximum absolute atomic E-state index is 12.8. The Kier molecular flexibility index (Phi) is 6.62. The topological polar surface area (TPSA) is 74.6 Å². The van der Waals surface area contributed by atoms with Crippen molar-refractivity contribution in [3.8, 4) is 22.9 Å². The van der Waals surface area contributed by atoms with Crippen LogP contribution in [0.2, 0.25) is 5.02 Å². The third kappa shape index (κ3) is 4.42. The fraction of sp³-hybridized carbons (Fsp3) is 0.217. The van der Waals surface area contributed by atoms with Gasteiger partial charge in [-0.2, -0.15) is 16.9 Å². The lowest BCUT2D eigenvalue weighted by Crippen LogP contribution is -2.13. The number of methoxy groups -OCH3 is 3. The summed E-state index contributed by atoms with van der Waals surface area (Å²) in [6, 6.07) is 10.9. The number of amides is 1. The average molecular weight is 472 g/mol. The number of benzene rings is 2. The van der Waals surface area contributed by atoms with Crippen LogP contribution in [0, 0.1) is 0 Å². The minimum atomic E-state index is -0.276. The molecule has 7 nitrogen and oxygen atoms in total. The zero-order chi connectivity index (χ0) is 22.7. The van der Waals surface area contributed by atoms with Crippen molar-refractivity contribution < 1.29 is 19.0 Å². The van der Waals surface area contributed by atoms with Crippen LogP contribution in [-0.4, -0.2) is 37.0 Å². The van der Waals surface area contributed by atoms with Crippen molar-refractivity contribution in [1.29, 1.82) is 0 Å². The molecule has 0 radical (unpaired) electrons. The fourth-order valence-corrected chi connectivity index (χ4v) is 4.68. The molecular formula is C23H22ClN3O4S. The second kappa shape index (κ2) is 9.58. The second-order valence-electron chi connectivity index (χ2n) is 6.94. The first-order chi connectivity index (χ1) is 15.5. The Labute approximate surface area is 195 Å². The van der Waals surface area contributed by atoms with E-state index in [-0.39, 0.29) is 5.91 Å². The summed E-state index contributed by atoms with van der Waals surface area (Å²) >= 11 is 7.93. The van der Waals surface area contributed by atoms with Gasteiger partial charge in [0.25, 0.3) is 0 Å². The highest BCUT2D eigenvalue weighted by Gasteiger charge is 2.24. The lowest BCUT2D eigenvalue weighted by atomic mass is 10.1. The quantitative estimate of drug-likeness (QED) is 0.491. The minimum absolute atomic E-state index is 0.276. The van der Waals surface area contributed by atoms with Crippen molar-refractivity contribution in [2.75, 3.05) is 26.6 Å². The van der Waals surface area contributed by atoms with Crippen molar-refractivity contribution in [2.45, 2.75) is 11.5 Å². The number of carbonyl (C=O) groups excluding carboxylic acids is 1. The summed E-state index contributed by atoms with van der Waals surface area (Å²) in [6.45, 7) is 0. The number of hydrogen-bond donors (Lipinski definition) is 1. The van der Waals surface area contributed by atoms with Crippen LogP contribution in [0.4, 0.5) is 5.82 Å². The van der Waals surface area contributed by atoms with Crippen LogP contribution in [0.1, 0.15) is 16.8 Å². The molecule has 0 unspecified atom stereocenters. The van der Waals surface area contributed by atoms with Crippen LogP contribution < -0.4 is 19.5 Å². The van der Waals surface area contributed by atoms with E-state index in [1.165, 1.54) is 6.08 Å². The monoisotopic (exact) mass is 471 g/mol. The zero-order valence-corrected chi connectivity index (χ0v) is 19.4. The van der Waals surface area contributed by atoms with E-state index in [2.05, 4.69) is 10.4 Å². The molecule has 0 saturated heterocycles. The number of rotatable bonds is 7. The van der Waals surface area contributed by atoms with Crippen molar-refractivity contribution in [3.63, 3.8) is 0 Å². The molecule has 9 heteroatoms. The van der Waals surface area contributed by atoms with Crippen LogP contribution in [0.3, 0.4) is 0 Å². The molecule has 0 bridgehead atoms. The molecule has 4 rings (SSSR count). The van der Waals surface area contributed by atoms with Crippen molar-refractivity contribution in [3.05, 3.63) is 64.3 Å². The summed E-state index contributed by atoms with van der Waals surface area (Å²) in [5, 5.41) is 8.28. The van der Waals surface area contributed by atoms with Gasteiger partial charge in [0.05, 0.1) is 32.7 Å². The number of halogens is 1. The Morgan fingerprint density at radius 3 is 2.53 bits per heavy atom. The van der Waals surface area contributed by atoms with Gasteiger partial charge in [0.1, 0.15) is 5.82 Å². The lowest BCUT2D eigenvalue weighted by Gasteiger charge is -2.13. The van der Waals surface area contributed by atoms with Gasteiger partial charge in [-0.1, -0.05) is 17.7 Å². The van der Waals surface area contributed by atoms with E-state index in [1.807, 2.05) is 18.2 Å². The standard InChI is InChI=1S/C23H22ClN3O4S/c1-29-19-9-14(10-20(30-2)22(19)31-3)7-8-21(28)25-23-17-12-32-13-18(17)26-27(23)16-6-4-5-15(24)11-16/h4-11H,12-13H2,1-3H3,(H,25,28). The Balaban J connectivity index is 1.61. The maximum Gasteiger partial charge on any atom is 0.249 e. The lowest BCUT2D eigenvalue weighted by molar-refractivity contribution is -0.111. The highest BCUT2D eigenvalue weighted by atomic mass is 35.5. The number of ether oxygens (including phenoxy) is 3. The Morgan fingerprint density at radius 1 is 1.12 bits per heavy atom. The molecule has 1 aliphatic heterocycles. The van der Waals surface area contributed by atoms with E-state index < -0.39 is 0 Å². The van der Waals surface area contributed by atoms with Gasteiger partial charge in [-0.25, -0.2) is 4.68 Å². The van der Waals surface area contributed by atoms with E-state index >= 15 is 0 Å². The summed E-state index contributed by atoms with van der Waals surface area (Å²) in [6.07, 6.45) is 3.15. The molecule has 2 aromatic carbocycles. The van der Waals surface area contributed by atoms with Crippen molar-refractivity contribution in [1.82, 2.24) is 9.78 Å². The van der Waals surface area contributed by atoms with E-state index in [0.717, 1.165) is 34.0 Å². The first-order valence-electron chi connectivity index (χ1n) is 9.77. The predicted octanol–water partition coefficient (Wildman–Crippen LogP) is 4.95. The smallest absolute Gasteiger partial charge is 0.249 e. The summed E-state index contributed by atoms with van der Waals surface area (Å²) in [5.41, 5.74) is 3.53. The van der Waals surface area contributed by atoms with Crippen LogP contribution in [0.5, 0.6) is 17.2 Å². The number of anilines is 1. The molecule has 1 aromatic heterocycles. The third-order valence-electron chi connectivity index (χ3n) is 4.96. The maximum atomic E-state index is 12.8. The zero-order valence-electron chi connectivity index (χ0n) is 17.8. The van der Waals surface area contributed by atoms with Crippen molar-refractivity contribution in [2.24, 2.45) is 0 Å². The number of nitrogens with zero attached hydrogens (tertiary/aromatic N) is 2. The Hall–Kier alpha value is -3.10. The molecule has 2 heterocycles. The van der Waals surface area contributed by atoms with Crippen LogP contribution >= 0.6 is 23.4 Å². The number of hydrogen-bond acceptors (Lipinski definition) is 6. The SMILES string of the molecule is COc1cc(C=CC(=O)Nc2c3c(nn2-c2cccc(Cl)c2)CSC3)cc(OC)c1OC. The van der Waals surface area contributed by atoms with Crippen LogP contribution in [-0.2, 0) is 16.3 Å². The van der Waals surface area contributed by atoms with E-state index in [1.54, 1.807) is 62.0 Å². The minimum Gasteiger partial charge on any atom is -0.493 e. The molecule has 0 spiro atoms. The summed E-state index contributed by atoms with van der Waals surface area (Å²) in [4.78, 5) is 12.8. The summed E-state index contributed by atoms with van der Waals surface area (Å²) < 4.78 is 17.8. The number of fused-ring (bicyclic) bond motifs is 1. The average Bonchev–Trinajstić information content (AvgIpc) is 3.39. The van der Waals surface area contributed by atoms with Gasteiger partial charge in [-0.15, -0.1) is 0 Å². The van der Waals surface area contributed by atoms with Gasteiger partial charge >= 0.3 is 0 Å². The Morgan fingerprint density at radius 2 is 1.88 bits per heavy atom. The normalized spacial score (nSPS) is 12.6. The molecule has 1 amide bonds. The highest BCUT2D eigenvalue weighted by Crippen LogP contribution is 2.39. The first kappa shape index (κ1) is 22.1. The van der Waals surface area contributed by atoms with Gasteiger partial charge < -0.3 is 19.5 Å².